The number of anilines is 1. The van der Waals surface area contributed by atoms with Gasteiger partial charge in [-0.15, -0.1) is 12.4 Å². The van der Waals surface area contributed by atoms with Gasteiger partial charge in [0.25, 0.3) is 0 Å². The van der Waals surface area contributed by atoms with E-state index in [0.717, 1.165) is 24.9 Å². The average Bonchev–Trinajstić information content (AvgIpc) is 3.12. The van der Waals surface area contributed by atoms with E-state index in [0.29, 0.717) is 23.0 Å². The van der Waals surface area contributed by atoms with Gasteiger partial charge in [-0.25, -0.2) is 4.68 Å². The van der Waals surface area contributed by atoms with Crippen LogP contribution in [0.2, 0.25) is 5.02 Å². The second kappa shape index (κ2) is 7.81. The summed E-state index contributed by atoms with van der Waals surface area (Å²) in [6, 6.07) is 7.39. The largest absolute Gasteiger partial charge is 0.327 e. The van der Waals surface area contributed by atoms with Crippen molar-refractivity contribution in [3.63, 3.8) is 0 Å². The first-order valence-corrected chi connectivity index (χ1v) is 7.86. The van der Waals surface area contributed by atoms with Gasteiger partial charge in [0.2, 0.25) is 5.91 Å². The predicted octanol–water partition coefficient (Wildman–Crippen LogP) is 3.40. The molecule has 1 saturated carbocycles. The molecule has 0 saturated heterocycles. The number of hydrogen-bond acceptors (Lipinski definition) is 3. The minimum absolute atomic E-state index is 0. The highest BCUT2D eigenvalue weighted by atomic mass is 35.5. The fourth-order valence-electron chi connectivity index (χ4n) is 2.95. The molecule has 1 aromatic carbocycles. The van der Waals surface area contributed by atoms with Gasteiger partial charge < -0.3 is 11.1 Å². The Bertz CT molecular complexity index is 660. The van der Waals surface area contributed by atoms with Gasteiger partial charge in [0.15, 0.2) is 0 Å². The molecule has 3 N–H and O–H groups in total. The lowest BCUT2D eigenvalue weighted by atomic mass is 10.00. The highest BCUT2D eigenvalue weighted by Gasteiger charge is 2.26. The van der Waals surface area contributed by atoms with E-state index in [4.69, 9.17) is 17.3 Å². The molecule has 2 aromatic rings. The summed E-state index contributed by atoms with van der Waals surface area (Å²) in [5.74, 6) is 0.282. The summed E-state index contributed by atoms with van der Waals surface area (Å²) in [5, 5.41) is 7.58. The first-order chi connectivity index (χ1) is 10.6. The first kappa shape index (κ1) is 17.8. The smallest absolute Gasteiger partial charge is 0.224 e. The Labute approximate surface area is 146 Å². The lowest BCUT2D eigenvalue weighted by Gasteiger charge is -2.15. The van der Waals surface area contributed by atoms with Crippen molar-refractivity contribution in [1.82, 2.24) is 9.78 Å². The molecule has 5 nitrogen and oxygen atoms in total. The molecule has 0 aliphatic heterocycles. The maximum atomic E-state index is 12.1. The van der Waals surface area contributed by atoms with Crippen LogP contribution < -0.4 is 11.1 Å². The van der Waals surface area contributed by atoms with Crippen LogP contribution in [0.5, 0.6) is 0 Å². The predicted molar refractivity (Wildman–Crippen MR) is 94.4 cm³/mol. The van der Waals surface area contributed by atoms with Gasteiger partial charge in [0.05, 0.1) is 10.7 Å². The normalized spacial score (nSPS) is 20.1. The van der Waals surface area contributed by atoms with Crippen LogP contribution >= 0.6 is 24.0 Å². The number of nitrogens with two attached hydrogens (primary N) is 1. The zero-order chi connectivity index (χ0) is 15.5. The Balaban J connectivity index is 0.00000192. The summed E-state index contributed by atoms with van der Waals surface area (Å²) in [6.07, 6.45) is 7.15. The van der Waals surface area contributed by atoms with Crippen LogP contribution in [-0.4, -0.2) is 21.7 Å². The third-order valence-electron chi connectivity index (χ3n) is 4.15. The second-order valence-corrected chi connectivity index (χ2v) is 6.13. The van der Waals surface area contributed by atoms with Crippen molar-refractivity contribution in [2.75, 3.05) is 5.32 Å². The molecule has 124 valence electrons. The fraction of sp³-hybridized carbons (Fsp3) is 0.375. The summed E-state index contributed by atoms with van der Waals surface area (Å²) >= 11 is 6.27. The average molecular weight is 355 g/mol. The minimum Gasteiger partial charge on any atom is -0.327 e. The van der Waals surface area contributed by atoms with Crippen molar-refractivity contribution < 1.29 is 4.79 Å². The van der Waals surface area contributed by atoms with Crippen LogP contribution in [-0.2, 0) is 4.79 Å². The molecular formula is C16H20Cl2N4O. The van der Waals surface area contributed by atoms with Crippen LogP contribution in [0.25, 0.3) is 5.69 Å². The molecule has 1 heterocycles. The lowest BCUT2D eigenvalue weighted by molar-refractivity contribution is -0.117. The Kier molecular flexibility index (Phi) is 6.04. The second-order valence-electron chi connectivity index (χ2n) is 5.72. The lowest BCUT2D eigenvalue weighted by Crippen LogP contribution is -2.28. The molecule has 7 heteroatoms. The Morgan fingerprint density at radius 1 is 1.43 bits per heavy atom. The molecule has 1 fully saturated rings. The maximum Gasteiger partial charge on any atom is 0.224 e. The summed E-state index contributed by atoms with van der Waals surface area (Å²) in [4.78, 5) is 12.1. The molecule has 0 unspecified atom stereocenters. The quantitative estimate of drug-likeness (QED) is 0.883. The monoisotopic (exact) mass is 354 g/mol. The van der Waals surface area contributed by atoms with Crippen molar-refractivity contribution >= 4 is 35.6 Å². The summed E-state index contributed by atoms with van der Waals surface area (Å²) in [5.41, 5.74) is 7.48. The number of halogens is 2. The molecular weight excluding hydrogens is 335 g/mol. The van der Waals surface area contributed by atoms with Gasteiger partial charge in [0, 0.05) is 30.5 Å². The van der Waals surface area contributed by atoms with Crippen molar-refractivity contribution in [3.05, 3.63) is 41.7 Å². The molecule has 0 radical (unpaired) electrons. The number of amides is 1. The van der Waals surface area contributed by atoms with Crippen molar-refractivity contribution in [2.24, 2.45) is 11.7 Å². The number of benzene rings is 1. The topological polar surface area (TPSA) is 72.9 Å². The van der Waals surface area contributed by atoms with Crippen molar-refractivity contribution in [2.45, 2.75) is 31.7 Å². The van der Waals surface area contributed by atoms with Crippen LogP contribution in [0.15, 0.2) is 36.7 Å². The SMILES string of the molecule is Cl.N[C@@H]1CCC[C@H]1CC(=O)Nc1ccc(-n2cccn2)c(Cl)c1. The van der Waals surface area contributed by atoms with Gasteiger partial charge in [-0.1, -0.05) is 18.0 Å². The highest BCUT2D eigenvalue weighted by Crippen LogP contribution is 2.28. The number of carbonyl (C=O) groups excluding carboxylic acids is 1. The van der Waals surface area contributed by atoms with E-state index in [-0.39, 0.29) is 24.4 Å². The van der Waals surface area contributed by atoms with Crippen LogP contribution in [0, 0.1) is 5.92 Å². The third-order valence-corrected chi connectivity index (χ3v) is 4.45. The third kappa shape index (κ3) is 4.25. The summed E-state index contributed by atoms with van der Waals surface area (Å²) < 4.78 is 1.69. The molecule has 0 spiro atoms. The number of nitrogens with one attached hydrogen (secondary N) is 1. The van der Waals surface area contributed by atoms with Crippen LogP contribution in [0.3, 0.4) is 0 Å². The highest BCUT2D eigenvalue weighted by molar-refractivity contribution is 6.32. The van der Waals surface area contributed by atoms with Crippen molar-refractivity contribution in [1.29, 1.82) is 0 Å². The molecule has 1 aromatic heterocycles. The minimum atomic E-state index is -0.00902. The van der Waals surface area contributed by atoms with E-state index in [9.17, 15) is 4.79 Å². The zero-order valence-electron chi connectivity index (χ0n) is 12.6. The number of aromatic nitrogens is 2. The Morgan fingerprint density at radius 2 is 2.26 bits per heavy atom. The molecule has 1 aliphatic rings. The molecule has 1 aliphatic carbocycles. The Morgan fingerprint density at radius 3 is 2.87 bits per heavy atom. The van der Waals surface area contributed by atoms with E-state index in [1.165, 1.54) is 0 Å². The van der Waals surface area contributed by atoms with Crippen LogP contribution in [0.1, 0.15) is 25.7 Å². The Hall–Kier alpha value is -1.56. The number of nitrogens with zero attached hydrogens (tertiary/aromatic N) is 2. The van der Waals surface area contributed by atoms with E-state index in [2.05, 4.69) is 10.4 Å². The molecule has 23 heavy (non-hydrogen) atoms. The molecule has 2 atom stereocenters. The maximum absolute atomic E-state index is 12.1. The summed E-state index contributed by atoms with van der Waals surface area (Å²) in [6.45, 7) is 0. The molecule has 3 rings (SSSR count). The van der Waals surface area contributed by atoms with Crippen molar-refractivity contribution in [3.8, 4) is 5.69 Å². The summed E-state index contributed by atoms with van der Waals surface area (Å²) in [7, 11) is 0. The van der Waals surface area contributed by atoms with E-state index >= 15 is 0 Å². The van der Waals surface area contributed by atoms with Crippen LogP contribution in [0.4, 0.5) is 5.69 Å². The van der Waals surface area contributed by atoms with Gasteiger partial charge >= 0.3 is 0 Å². The number of hydrogen-bond donors (Lipinski definition) is 2. The van der Waals surface area contributed by atoms with Gasteiger partial charge in [-0.3, -0.25) is 4.79 Å². The number of rotatable bonds is 4. The van der Waals surface area contributed by atoms with Gasteiger partial charge in [-0.05, 0) is 43.0 Å². The number of carbonyl (C=O) groups is 1. The molecule has 0 bridgehead atoms. The van der Waals surface area contributed by atoms with E-state index in [1.54, 1.807) is 16.9 Å². The van der Waals surface area contributed by atoms with Gasteiger partial charge in [-0.2, -0.15) is 5.10 Å². The fourth-order valence-corrected chi connectivity index (χ4v) is 3.22. The van der Waals surface area contributed by atoms with Gasteiger partial charge in [0.1, 0.15) is 0 Å². The first-order valence-electron chi connectivity index (χ1n) is 7.48. The zero-order valence-corrected chi connectivity index (χ0v) is 14.2. The molecule has 1 amide bonds. The van der Waals surface area contributed by atoms with E-state index in [1.807, 2.05) is 24.4 Å². The van der Waals surface area contributed by atoms with E-state index < -0.39 is 0 Å². The standard InChI is InChI=1S/C16H19ClN4O.ClH/c17-13-10-12(5-6-15(13)21-8-2-7-19-21)20-16(22)9-11-3-1-4-14(11)18;/h2,5-8,10-11,14H,1,3-4,9,18H2,(H,20,22);1H/t11-,14+;/m0./s1.